The van der Waals surface area contributed by atoms with Gasteiger partial charge >= 0.3 is 0 Å². The molecule has 1 aromatic heterocycles. The maximum Gasteiger partial charge on any atom is 0.140 e. The first-order valence-electron chi connectivity index (χ1n) is 4.83. The van der Waals surface area contributed by atoms with Crippen molar-refractivity contribution >= 4 is 11.8 Å². The zero-order valence-electron chi connectivity index (χ0n) is 8.68. The van der Waals surface area contributed by atoms with Gasteiger partial charge in [-0.05, 0) is 24.1 Å². The van der Waals surface area contributed by atoms with E-state index in [-0.39, 0.29) is 6.61 Å². The smallest absolute Gasteiger partial charge is 0.140 e. The van der Waals surface area contributed by atoms with Gasteiger partial charge in [-0.3, -0.25) is 0 Å². The molecule has 1 heterocycles. The molecule has 0 saturated carbocycles. The Hall–Kier alpha value is -1.05. The molecule has 0 aliphatic heterocycles. The van der Waals surface area contributed by atoms with Crippen LogP contribution < -0.4 is 0 Å². The van der Waals surface area contributed by atoms with Gasteiger partial charge in [0.05, 0.1) is 0 Å². The van der Waals surface area contributed by atoms with Crippen molar-refractivity contribution in [1.82, 2.24) is 4.98 Å². The number of hydrogen-bond donors (Lipinski definition) is 1. The van der Waals surface area contributed by atoms with E-state index in [0.717, 1.165) is 17.7 Å². The topological polar surface area (TPSA) is 56.9 Å². The Morgan fingerprint density at radius 3 is 3.13 bits per heavy atom. The number of rotatable bonds is 5. The van der Waals surface area contributed by atoms with Crippen molar-refractivity contribution in [1.29, 1.82) is 5.26 Å². The second-order valence-electron chi connectivity index (χ2n) is 3.30. The zero-order valence-corrected chi connectivity index (χ0v) is 9.50. The van der Waals surface area contributed by atoms with Crippen molar-refractivity contribution in [3.8, 4) is 6.07 Å². The molecule has 0 amide bonds. The summed E-state index contributed by atoms with van der Waals surface area (Å²) in [5.74, 6) is 0.859. The number of pyridine rings is 1. The Labute approximate surface area is 94.2 Å². The van der Waals surface area contributed by atoms with E-state index in [1.807, 2.05) is 12.1 Å². The Morgan fingerprint density at radius 2 is 2.47 bits per heavy atom. The molecular weight excluding hydrogens is 208 g/mol. The second-order valence-corrected chi connectivity index (χ2v) is 4.72. The fraction of sp³-hybridized carbons (Fsp3) is 0.455. The highest BCUT2D eigenvalue weighted by Gasteiger charge is 2.03. The van der Waals surface area contributed by atoms with Gasteiger partial charge in [-0.15, -0.1) is 0 Å². The van der Waals surface area contributed by atoms with Crippen molar-refractivity contribution in [2.24, 2.45) is 0 Å². The van der Waals surface area contributed by atoms with Crippen LogP contribution in [0.2, 0.25) is 0 Å². The molecule has 3 nitrogen and oxygen atoms in total. The Kier molecular flexibility index (Phi) is 5.16. The van der Waals surface area contributed by atoms with Crippen LogP contribution in [0.15, 0.2) is 18.3 Å². The molecule has 1 N–H and O–H groups in total. The predicted molar refractivity (Wildman–Crippen MR) is 61.4 cm³/mol. The minimum absolute atomic E-state index is 0.230. The number of aliphatic hydroxyl groups excluding tert-OH is 1. The molecule has 0 aliphatic carbocycles. The molecule has 1 unspecified atom stereocenters. The van der Waals surface area contributed by atoms with Gasteiger partial charge in [0.2, 0.25) is 0 Å². The Morgan fingerprint density at radius 1 is 1.67 bits per heavy atom. The van der Waals surface area contributed by atoms with Gasteiger partial charge in [0.25, 0.3) is 0 Å². The number of nitriles is 1. The van der Waals surface area contributed by atoms with E-state index < -0.39 is 0 Å². The van der Waals surface area contributed by atoms with Crippen molar-refractivity contribution in [2.45, 2.75) is 24.3 Å². The molecule has 0 spiro atoms. The molecule has 0 bridgehead atoms. The number of aliphatic hydroxyl groups is 1. The third-order valence-electron chi connectivity index (χ3n) is 2.01. The molecule has 1 aromatic rings. The highest BCUT2D eigenvalue weighted by Crippen LogP contribution is 2.19. The predicted octanol–water partition coefficient (Wildman–Crippen LogP) is 1.96. The van der Waals surface area contributed by atoms with Crippen LogP contribution in [0.4, 0.5) is 0 Å². The number of thioether (sulfide) groups is 1. The lowest BCUT2D eigenvalue weighted by Crippen LogP contribution is -2.00. The molecule has 1 rings (SSSR count). The largest absolute Gasteiger partial charge is 0.396 e. The molecular formula is C11H14N2OS. The number of hydrogen-bond acceptors (Lipinski definition) is 4. The van der Waals surface area contributed by atoms with Gasteiger partial charge in [0.1, 0.15) is 11.8 Å². The van der Waals surface area contributed by atoms with E-state index in [1.165, 1.54) is 0 Å². The monoisotopic (exact) mass is 222 g/mol. The third-order valence-corrected chi connectivity index (χ3v) is 3.31. The van der Waals surface area contributed by atoms with Gasteiger partial charge in [-0.1, -0.05) is 6.92 Å². The first-order chi connectivity index (χ1) is 7.26. The highest BCUT2D eigenvalue weighted by atomic mass is 32.2. The minimum atomic E-state index is 0.230. The molecule has 0 saturated heterocycles. The van der Waals surface area contributed by atoms with Crippen LogP contribution in [0.3, 0.4) is 0 Å². The van der Waals surface area contributed by atoms with E-state index in [1.54, 1.807) is 24.0 Å². The summed E-state index contributed by atoms with van der Waals surface area (Å²) in [6.07, 6.45) is 2.46. The lowest BCUT2D eigenvalue weighted by molar-refractivity contribution is 0.289. The fourth-order valence-corrected chi connectivity index (χ4v) is 2.06. The van der Waals surface area contributed by atoms with Crippen molar-refractivity contribution in [3.05, 3.63) is 29.6 Å². The van der Waals surface area contributed by atoms with E-state index in [2.05, 4.69) is 11.9 Å². The van der Waals surface area contributed by atoms with Crippen molar-refractivity contribution in [2.75, 3.05) is 6.61 Å². The van der Waals surface area contributed by atoms with Crippen molar-refractivity contribution < 1.29 is 5.11 Å². The van der Waals surface area contributed by atoms with Crippen LogP contribution in [0.5, 0.6) is 0 Å². The SMILES string of the molecule is CC(CCO)SCc1ccnc(C#N)c1. The maximum atomic E-state index is 8.75. The molecule has 4 heteroatoms. The van der Waals surface area contributed by atoms with E-state index >= 15 is 0 Å². The summed E-state index contributed by atoms with van der Waals surface area (Å²) in [5.41, 5.74) is 1.57. The molecule has 15 heavy (non-hydrogen) atoms. The molecule has 1 atom stereocenters. The normalized spacial score (nSPS) is 12.1. The zero-order chi connectivity index (χ0) is 11.1. The lowest BCUT2D eigenvalue weighted by Gasteiger charge is -2.08. The van der Waals surface area contributed by atoms with Crippen LogP contribution >= 0.6 is 11.8 Å². The minimum Gasteiger partial charge on any atom is -0.396 e. The molecule has 0 aliphatic rings. The molecule has 80 valence electrons. The summed E-state index contributed by atoms with van der Waals surface area (Å²) in [6, 6.07) is 5.74. The molecule has 0 aromatic carbocycles. The third kappa shape index (κ3) is 4.32. The number of nitrogens with zero attached hydrogens (tertiary/aromatic N) is 2. The van der Waals surface area contributed by atoms with Crippen molar-refractivity contribution in [3.63, 3.8) is 0 Å². The van der Waals surface area contributed by atoms with Crippen LogP contribution in [-0.2, 0) is 5.75 Å². The average molecular weight is 222 g/mol. The Balaban J connectivity index is 2.47. The highest BCUT2D eigenvalue weighted by molar-refractivity contribution is 7.99. The summed E-state index contributed by atoms with van der Waals surface area (Å²) in [6.45, 7) is 2.32. The van der Waals surface area contributed by atoms with Gasteiger partial charge in [0.15, 0.2) is 0 Å². The lowest BCUT2D eigenvalue weighted by atomic mass is 10.2. The van der Waals surface area contributed by atoms with E-state index in [4.69, 9.17) is 10.4 Å². The van der Waals surface area contributed by atoms with Crippen LogP contribution in [0.1, 0.15) is 24.6 Å². The first-order valence-corrected chi connectivity index (χ1v) is 5.88. The summed E-state index contributed by atoms with van der Waals surface area (Å²) in [5, 5.41) is 17.9. The molecule has 0 fully saturated rings. The average Bonchev–Trinajstić information content (AvgIpc) is 2.27. The molecule has 0 radical (unpaired) electrons. The van der Waals surface area contributed by atoms with Gasteiger partial charge in [0, 0.05) is 23.8 Å². The van der Waals surface area contributed by atoms with Crippen LogP contribution in [-0.4, -0.2) is 21.9 Å². The van der Waals surface area contributed by atoms with E-state index in [9.17, 15) is 0 Å². The standard InChI is InChI=1S/C11H14N2OS/c1-9(3-5-14)15-8-10-2-4-13-11(6-10)7-12/h2,4,6,9,14H,3,5,8H2,1H3. The second kappa shape index (κ2) is 6.44. The first kappa shape index (κ1) is 12.0. The Bertz CT molecular complexity index is 349. The van der Waals surface area contributed by atoms with Gasteiger partial charge in [-0.25, -0.2) is 4.98 Å². The summed E-state index contributed by atoms with van der Waals surface area (Å²) in [7, 11) is 0. The van der Waals surface area contributed by atoms with Crippen LogP contribution in [0, 0.1) is 11.3 Å². The van der Waals surface area contributed by atoms with Gasteiger partial charge < -0.3 is 5.11 Å². The van der Waals surface area contributed by atoms with E-state index in [0.29, 0.717) is 10.9 Å². The summed E-state index contributed by atoms with van der Waals surface area (Å²) in [4.78, 5) is 3.91. The number of aromatic nitrogens is 1. The van der Waals surface area contributed by atoms with Gasteiger partial charge in [-0.2, -0.15) is 17.0 Å². The summed E-state index contributed by atoms with van der Waals surface area (Å²) < 4.78 is 0. The summed E-state index contributed by atoms with van der Waals surface area (Å²) >= 11 is 1.78. The van der Waals surface area contributed by atoms with Crippen LogP contribution in [0.25, 0.3) is 0 Å². The fourth-order valence-electron chi connectivity index (χ4n) is 1.13. The quantitative estimate of drug-likeness (QED) is 0.827. The maximum absolute atomic E-state index is 8.75.